The Labute approximate surface area is 234 Å². The van der Waals surface area contributed by atoms with E-state index in [2.05, 4.69) is 20.8 Å². The number of fused-ring (bicyclic) bond motifs is 1. The van der Waals surface area contributed by atoms with Crippen LogP contribution in [0.4, 0.5) is 0 Å². The van der Waals surface area contributed by atoms with Gasteiger partial charge in [-0.15, -0.1) is 0 Å². The van der Waals surface area contributed by atoms with E-state index in [1.165, 1.54) is 19.8 Å². The van der Waals surface area contributed by atoms with Gasteiger partial charge in [-0.25, -0.2) is 4.79 Å². The Kier molecular flexibility index (Phi) is 8.17. The van der Waals surface area contributed by atoms with E-state index in [4.69, 9.17) is 25.5 Å². The van der Waals surface area contributed by atoms with E-state index in [0.717, 1.165) is 41.9 Å². The van der Waals surface area contributed by atoms with Crippen LogP contribution in [0.5, 0.6) is 11.5 Å². The van der Waals surface area contributed by atoms with Crippen LogP contribution in [0.1, 0.15) is 30.9 Å². The zero-order valence-corrected chi connectivity index (χ0v) is 23.3. The van der Waals surface area contributed by atoms with E-state index in [9.17, 15) is 9.59 Å². The number of hydrogen-bond donors (Lipinski definition) is 0. The Bertz CT molecular complexity index is 1530. The van der Waals surface area contributed by atoms with Crippen molar-refractivity contribution in [1.82, 2.24) is 4.90 Å². The number of benzene rings is 3. The summed E-state index contributed by atoms with van der Waals surface area (Å²) >= 11 is 9.72. The third-order valence-corrected chi connectivity index (χ3v) is 7.52. The number of ether oxygens (including phenoxy) is 2. The predicted octanol–water partition coefficient (Wildman–Crippen LogP) is 6.87. The summed E-state index contributed by atoms with van der Waals surface area (Å²) < 4.78 is 17.6. The number of halogens is 2. The smallest absolute Gasteiger partial charge is 0.344 e. The standard InChI is InChI=1S/C30H27BrClNO5/c1-19(34)37-23-9-11-24-26(16-20-4-7-22(8-5-20)36-15-14-33-12-2-3-13-33)29(30(35)38-28(24)18-23)25-10-6-21(32)17-27(25)31/h4-11,17-18H,2-3,12-16H2,1H3. The normalized spacial score (nSPS) is 13.7. The molecule has 0 amide bonds. The molecule has 0 bridgehead atoms. The fourth-order valence-corrected chi connectivity index (χ4v) is 5.71. The summed E-state index contributed by atoms with van der Waals surface area (Å²) in [4.78, 5) is 27.2. The van der Waals surface area contributed by atoms with Crippen LogP contribution in [-0.4, -0.2) is 37.1 Å². The second kappa shape index (κ2) is 11.7. The first-order valence-electron chi connectivity index (χ1n) is 12.5. The van der Waals surface area contributed by atoms with Gasteiger partial charge >= 0.3 is 11.6 Å². The molecule has 1 fully saturated rings. The first-order valence-corrected chi connectivity index (χ1v) is 13.7. The molecular weight excluding hydrogens is 570 g/mol. The Morgan fingerprint density at radius 1 is 1.03 bits per heavy atom. The maximum absolute atomic E-state index is 13.3. The van der Waals surface area contributed by atoms with E-state index in [1.807, 2.05) is 30.3 Å². The number of carbonyl (C=O) groups excluding carboxylic acids is 1. The average Bonchev–Trinajstić information content (AvgIpc) is 3.39. The van der Waals surface area contributed by atoms with Crippen LogP contribution in [0, 0.1) is 0 Å². The second-order valence-electron chi connectivity index (χ2n) is 9.34. The highest BCUT2D eigenvalue weighted by atomic mass is 79.9. The Morgan fingerprint density at radius 2 is 1.76 bits per heavy atom. The van der Waals surface area contributed by atoms with Gasteiger partial charge in [0.2, 0.25) is 0 Å². The molecule has 1 aliphatic rings. The molecule has 1 aliphatic heterocycles. The van der Waals surface area contributed by atoms with Crippen molar-refractivity contribution in [3.05, 3.63) is 91.7 Å². The lowest BCUT2D eigenvalue weighted by Gasteiger charge is -2.16. The summed E-state index contributed by atoms with van der Waals surface area (Å²) in [5.41, 5.74) is 2.81. The van der Waals surface area contributed by atoms with Gasteiger partial charge in [0, 0.05) is 40.0 Å². The van der Waals surface area contributed by atoms with Crippen LogP contribution >= 0.6 is 27.5 Å². The topological polar surface area (TPSA) is 69.0 Å². The molecule has 0 spiro atoms. The lowest BCUT2D eigenvalue weighted by molar-refractivity contribution is -0.131. The van der Waals surface area contributed by atoms with Gasteiger partial charge in [-0.1, -0.05) is 45.7 Å². The molecule has 5 rings (SSSR count). The van der Waals surface area contributed by atoms with Gasteiger partial charge in [-0.05, 0) is 79.9 Å². The SMILES string of the molecule is CC(=O)Oc1ccc2c(Cc3ccc(OCCN4CCCC4)cc3)c(-c3ccc(Cl)cc3Br)c(=O)oc2c1. The molecule has 8 heteroatoms. The lowest BCUT2D eigenvalue weighted by Crippen LogP contribution is -2.25. The summed E-state index contributed by atoms with van der Waals surface area (Å²) in [5.74, 6) is 0.684. The third kappa shape index (κ3) is 6.12. The summed E-state index contributed by atoms with van der Waals surface area (Å²) in [6.07, 6.45) is 3.01. The molecule has 1 aromatic heterocycles. The van der Waals surface area contributed by atoms with Gasteiger partial charge in [0.05, 0.1) is 5.56 Å². The van der Waals surface area contributed by atoms with Crippen LogP contribution in [0.3, 0.4) is 0 Å². The van der Waals surface area contributed by atoms with Crippen LogP contribution in [0.25, 0.3) is 22.1 Å². The van der Waals surface area contributed by atoms with Crippen molar-refractivity contribution >= 4 is 44.5 Å². The van der Waals surface area contributed by atoms with Gasteiger partial charge in [0.25, 0.3) is 0 Å². The van der Waals surface area contributed by atoms with Crippen molar-refractivity contribution in [2.75, 3.05) is 26.2 Å². The minimum absolute atomic E-state index is 0.315. The summed E-state index contributed by atoms with van der Waals surface area (Å²) in [6.45, 7) is 5.21. The predicted molar refractivity (Wildman–Crippen MR) is 152 cm³/mol. The molecule has 2 heterocycles. The van der Waals surface area contributed by atoms with Gasteiger partial charge in [0.15, 0.2) is 0 Å². The Morgan fingerprint density at radius 3 is 2.47 bits per heavy atom. The van der Waals surface area contributed by atoms with Crippen molar-refractivity contribution in [1.29, 1.82) is 0 Å². The number of carbonyl (C=O) groups is 1. The number of nitrogens with zero attached hydrogens (tertiary/aromatic N) is 1. The molecule has 0 N–H and O–H groups in total. The number of rotatable bonds is 8. The van der Waals surface area contributed by atoms with E-state index >= 15 is 0 Å². The molecule has 38 heavy (non-hydrogen) atoms. The number of esters is 1. The molecule has 0 atom stereocenters. The van der Waals surface area contributed by atoms with Crippen LogP contribution < -0.4 is 15.1 Å². The molecule has 0 saturated carbocycles. The minimum Gasteiger partial charge on any atom is -0.492 e. The highest BCUT2D eigenvalue weighted by Gasteiger charge is 2.20. The van der Waals surface area contributed by atoms with Gasteiger partial charge in [0.1, 0.15) is 23.7 Å². The Balaban J connectivity index is 1.49. The zero-order chi connectivity index (χ0) is 26.6. The molecule has 6 nitrogen and oxygen atoms in total. The van der Waals surface area contributed by atoms with Gasteiger partial charge in [-0.2, -0.15) is 0 Å². The van der Waals surface area contributed by atoms with E-state index in [0.29, 0.717) is 45.0 Å². The fourth-order valence-electron chi connectivity index (χ4n) is 4.83. The monoisotopic (exact) mass is 595 g/mol. The maximum Gasteiger partial charge on any atom is 0.344 e. The molecule has 0 unspecified atom stereocenters. The van der Waals surface area contributed by atoms with Crippen molar-refractivity contribution in [2.45, 2.75) is 26.2 Å². The quantitative estimate of drug-likeness (QED) is 0.126. The van der Waals surface area contributed by atoms with E-state index < -0.39 is 11.6 Å². The number of likely N-dealkylation sites (tertiary alicyclic amines) is 1. The van der Waals surface area contributed by atoms with Crippen LogP contribution in [-0.2, 0) is 11.2 Å². The van der Waals surface area contributed by atoms with Crippen LogP contribution in [0.2, 0.25) is 5.02 Å². The van der Waals surface area contributed by atoms with E-state index in [1.54, 1.807) is 30.3 Å². The van der Waals surface area contributed by atoms with E-state index in [-0.39, 0.29) is 0 Å². The summed E-state index contributed by atoms with van der Waals surface area (Å²) in [6, 6.07) is 18.3. The molecule has 196 valence electrons. The fraction of sp³-hybridized carbons (Fsp3) is 0.267. The highest BCUT2D eigenvalue weighted by Crippen LogP contribution is 2.36. The highest BCUT2D eigenvalue weighted by molar-refractivity contribution is 9.10. The van der Waals surface area contributed by atoms with Gasteiger partial charge < -0.3 is 13.9 Å². The molecule has 1 saturated heterocycles. The Hall–Kier alpha value is -3.13. The van der Waals surface area contributed by atoms with Crippen molar-refractivity contribution in [3.63, 3.8) is 0 Å². The summed E-state index contributed by atoms with van der Waals surface area (Å²) in [5, 5.41) is 1.31. The first-order chi connectivity index (χ1) is 18.4. The molecule has 0 aliphatic carbocycles. The van der Waals surface area contributed by atoms with Gasteiger partial charge in [-0.3, -0.25) is 9.69 Å². The van der Waals surface area contributed by atoms with Crippen molar-refractivity contribution in [2.24, 2.45) is 0 Å². The van der Waals surface area contributed by atoms with Crippen molar-refractivity contribution < 1.29 is 18.7 Å². The first kappa shape index (κ1) is 26.5. The molecule has 0 radical (unpaired) electrons. The molecule has 4 aromatic rings. The number of hydrogen-bond acceptors (Lipinski definition) is 6. The largest absolute Gasteiger partial charge is 0.492 e. The zero-order valence-electron chi connectivity index (χ0n) is 21.0. The summed E-state index contributed by atoms with van der Waals surface area (Å²) in [7, 11) is 0. The van der Waals surface area contributed by atoms with Crippen LogP contribution in [0.15, 0.2) is 74.3 Å². The minimum atomic E-state index is -0.489. The maximum atomic E-state index is 13.3. The second-order valence-corrected chi connectivity index (χ2v) is 10.6. The lowest BCUT2D eigenvalue weighted by atomic mass is 9.93. The average molecular weight is 597 g/mol. The van der Waals surface area contributed by atoms with Crippen molar-refractivity contribution in [3.8, 4) is 22.6 Å². The molecule has 3 aromatic carbocycles. The molecular formula is C30H27BrClNO5. The third-order valence-electron chi connectivity index (χ3n) is 6.63.